The summed E-state index contributed by atoms with van der Waals surface area (Å²) in [4.78, 5) is 0. The third-order valence-corrected chi connectivity index (χ3v) is 3.99. The van der Waals surface area contributed by atoms with Crippen LogP contribution in [0.25, 0.3) is 0 Å². The molecule has 0 saturated carbocycles. The van der Waals surface area contributed by atoms with Gasteiger partial charge in [0.15, 0.2) is 0 Å². The molecule has 1 rings (SSSR count). The molecule has 0 aromatic heterocycles. The Balaban J connectivity index is 2.28. The van der Waals surface area contributed by atoms with E-state index in [2.05, 4.69) is 38.2 Å². The Bertz CT molecular complexity index is 351. The van der Waals surface area contributed by atoms with Crippen LogP contribution in [0.5, 0.6) is 0 Å². The quantitative estimate of drug-likeness (QED) is 0.569. The second kappa shape index (κ2) is 9.39. The van der Waals surface area contributed by atoms with Crippen molar-refractivity contribution in [2.75, 3.05) is 0 Å². The number of hydrogen-bond acceptors (Lipinski definition) is 1. The molecular weight excluding hydrogens is 254 g/mol. The Kier molecular flexibility index (Phi) is 8.16. The van der Waals surface area contributed by atoms with Gasteiger partial charge in [0.2, 0.25) is 0 Å². The summed E-state index contributed by atoms with van der Waals surface area (Å²) in [5, 5.41) is 4.50. The maximum atomic E-state index is 6.22. The van der Waals surface area contributed by atoms with E-state index in [4.69, 9.17) is 11.6 Å². The predicted octanol–water partition coefficient (Wildman–Crippen LogP) is 5.74. The molecule has 1 aromatic carbocycles. The lowest BCUT2D eigenvalue weighted by Crippen LogP contribution is -2.29. The van der Waals surface area contributed by atoms with Crippen molar-refractivity contribution in [2.24, 2.45) is 0 Å². The van der Waals surface area contributed by atoms with E-state index in [9.17, 15) is 0 Å². The van der Waals surface area contributed by atoms with Crippen LogP contribution in [0.15, 0.2) is 24.3 Å². The Hall–Kier alpha value is -0.530. The minimum atomic E-state index is 0.319. The van der Waals surface area contributed by atoms with Gasteiger partial charge in [-0.05, 0) is 31.9 Å². The molecule has 108 valence electrons. The topological polar surface area (TPSA) is 12.0 Å². The predicted molar refractivity (Wildman–Crippen MR) is 85.8 cm³/mol. The Morgan fingerprint density at radius 1 is 1.05 bits per heavy atom. The molecule has 0 spiro atoms. The minimum absolute atomic E-state index is 0.319. The van der Waals surface area contributed by atoms with Crippen molar-refractivity contribution in [2.45, 2.75) is 71.4 Å². The van der Waals surface area contributed by atoms with Crippen LogP contribution in [0.3, 0.4) is 0 Å². The van der Waals surface area contributed by atoms with E-state index < -0.39 is 0 Å². The number of unbranched alkanes of at least 4 members (excludes halogenated alkanes) is 4. The number of benzene rings is 1. The molecule has 1 unspecified atom stereocenters. The van der Waals surface area contributed by atoms with E-state index in [1.165, 1.54) is 44.1 Å². The van der Waals surface area contributed by atoms with E-state index in [0.717, 1.165) is 5.02 Å². The van der Waals surface area contributed by atoms with Crippen molar-refractivity contribution in [1.29, 1.82) is 0 Å². The summed E-state index contributed by atoms with van der Waals surface area (Å²) in [5.41, 5.74) is 1.20. The maximum absolute atomic E-state index is 6.22. The van der Waals surface area contributed by atoms with Crippen LogP contribution in [0.1, 0.15) is 70.9 Å². The van der Waals surface area contributed by atoms with Gasteiger partial charge in [0, 0.05) is 17.1 Å². The van der Waals surface area contributed by atoms with Gasteiger partial charge in [-0.3, -0.25) is 0 Å². The smallest absolute Gasteiger partial charge is 0.0453 e. The molecule has 19 heavy (non-hydrogen) atoms. The summed E-state index contributed by atoms with van der Waals surface area (Å²) in [6.07, 6.45) is 8.00. The fourth-order valence-corrected chi connectivity index (χ4v) is 2.78. The molecule has 1 nitrogen and oxygen atoms in total. The van der Waals surface area contributed by atoms with Gasteiger partial charge >= 0.3 is 0 Å². The Morgan fingerprint density at radius 3 is 2.42 bits per heavy atom. The van der Waals surface area contributed by atoms with Crippen molar-refractivity contribution in [3.8, 4) is 0 Å². The van der Waals surface area contributed by atoms with E-state index >= 15 is 0 Å². The van der Waals surface area contributed by atoms with Gasteiger partial charge in [-0.25, -0.2) is 0 Å². The van der Waals surface area contributed by atoms with Crippen molar-refractivity contribution < 1.29 is 0 Å². The number of rotatable bonds is 9. The highest BCUT2D eigenvalue weighted by Crippen LogP contribution is 2.23. The molecule has 0 heterocycles. The lowest BCUT2D eigenvalue weighted by molar-refractivity contribution is 0.436. The monoisotopic (exact) mass is 281 g/mol. The van der Waals surface area contributed by atoms with Crippen LogP contribution in [-0.4, -0.2) is 6.04 Å². The van der Waals surface area contributed by atoms with Gasteiger partial charge in [-0.1, -0.05) is 68.8 Å². The molecule has 2 heteroatoms. The summed E-state index contributed by atoms with van der Waals surface area (Å²) in [7, 11) is 0. The van der Waals surface area contributed by atoms with Crippen LogP contribution in [-0.2, 0) is 0 Å². The van der Waals surface area contributed by atoms with Gasteiger partial charge in [0.25, 0.3) is 0 Å². The van der Waals surface area contributed by atoms with Crippen LogP contribution in [0.4, 0.5) is 0 Å². The lowest BCUT2D eigenvalue weighted by Gasteiger charge is -2.21. The van der Waals surface area contributed by atoms with Gasteiger partial charge < -0.3 is 5.32 Å². The second-order valence-corrected chi connectivity index (χ2v) is 5.92. The highest BCUT2D eigenvalue weighted by atomic mass is 35.5. The van der Waals surface area contributed by atoms with Crippen molar-refractivity contribution in [1.82, 2.24) is 5.32 Å². The largest absolute Gasteiger partial charge is 0.308 e. The molecule has 0 aliphatic heterocycles. The van der Waals surface area contributed by atoms with Crippen molar-refractivity contribution in [3.63, 3.8) is 0 Å². The minimum Gasteiger partial charge on any atom is -0.308 e. The molecule has 0 aliphatic rings. The third kappa shape index (κ3) is 6.44. The summed E-state index contributed by atoms with van der Waals surface area (Å²) in [5.74, 6) is 0. The number of nitrogens with one attached hydrogen (secondary N) is 1. The molecule has 0 amide bonds. The number of halogens is 1. The number of hydrogen-bond donors (Lipinski definition) is 1. The Labute approximate surface area is 123 Å². The standard InChI is InChI=1S/C17H28ClN/c1-4-5-6-7-8-11-14(2)19-15(3)16-12-9-10-13-17(16)18/h9-10,12-15,19H,4-8,11H2,1-3H3/t14?,15-/m1/s1. The van der Waals surface area contributed by atoms with Crippen LogP contribution in [0, 0.1) is 0 Å². The molecule has 1 aromatic rings. The van der Waals surface area contributed by atoms with Crippen molar-refractivity contribution >= 4 is 11.6 Å². The van der Waals surface area contributed by atoms with Gasteiger partial charge in [-0.15, -0.1) is 0 Å². The zero-order valence-electron chi connectivity index (χ0n) is 12.6. The van der Waals surface area contributed by atoms with Crippen LogP contribution >= 0.6 is 11.6 Å². The van der Waals surface area contributed by atoms with Gasteiger partial charge in [0.1, 0.15) is 0 Å². The second-order valence-electron chi connectivity index (χ2n) is 5.51. The molecule has 0 saturated heterocycles. The fraction of sp³-hybridized carbons (Fsp3) is 0.647. The van der Waals surface area contributed by atoms with Crippen molar-refractivity contribution in [3.05, 3.63) is 34.9 Å². The first kappa shape index (κ1) is 16.5. The van der Waals surface area contributed by atoms with Crippen LogP contribution in [0.2, 0.25) is 5.02 Å². The van der Waals surface area contributed by atoms with Gasteiger partial charge in [-0.2, -0.15) is 0 Å². The first-order valence-electron chi connectivity index (χ1n) is 7.65. The zero-order valence-corrected chi connectivity index (χ0v) is 13.3. The highest BCUT2D eigenvalue weighted by molar-refractivity contribution is 6.31. The molecule has 0 bridgehead atoms. The van der Waals surface area contributed by atoms with Gasteiger partial charge in [0.05, 0.1) is 0 Å². The lowest BCUT2D eigenvalue weighted by atomic mass is 10.0. The molecule has 2 atom stereocenters. The highest BCUT2D eigenvalue weighted by Gasteiger charge is 2.11. The first-order chi connectivity index (χ1) is 9.15. The van der Waals surface area contributed by atoms with E-state index in [0.29, 0.717) is 12.1 Å². The first-order valence-corrected chi connectivity index (χ1v) is 8.03. The van der Waals surface area contributed by atoms with E-state index in [-0.39, 0.29) is 0 Å². The Morgan fingerprint density at radius 2 is 1.74 bits per heavy atom. The maximum Gasteiger partial charge on any atom is 0.0453 e. The SMILES string of the molecule is CCCCCCCC(C)N[C@H](C)c1ccccc1Cl. The summed E-state index contributed by atoms with van der Waals surface area (Å²) < 4.78 is 0. The fourth-order valence-electron chi connectivity index (χ4n) is 2.48. The molecular formula is C17H28ClN. The van der Waals surface area contributed by atoms with Crippen LogP contribution < -0.4 is 5.32 Å². The average molecular weight is 282 g/mol. The molecule has 0 radical (unpaired) electrons. The third-order valence-electron chi connectivity index (χ3n) is 3.65. The summed E-state index contributed by atoms with van der Waals surface area (Å²) in [6, 6.07) is 8.97. The molecule has 0 aliphatic carbocycles. The van der Waals surface area contributed by atoms with E-state index in [1.807, 2.05) is 12.1 Å². The molecule has 1 N–H and O–H groups in total. The van der Waals surface area contributed by atoms with E-state index in [1.54, 1.807) is 0 Å². The summed E-state index contributed by atoms with van der Waals surface area (Å²) in [6.45, 7) is 6.72. The molecule has 0 fully saturated rings. The summed E-state index contributed by atoms with van der Waals surface area (Å²) >= 11 is 6.22. The zero-order chi connectivity index (χ0) is 14.1. The average Bonchev–Trinajstić information content (AvgIpc) is 2.39. The normalized spacial score (nSPS) is 14.3.